The lowest BCUT2D eigenvalue weighted by Crippen LogP contribution is -2.29. The zero-order valence-corrected chi connectivity index (χ0v) is 19.7. The Morgan fingerprint density at radius 2 is 1.38 bits per heavy atom. The van der Waals surface area contributed by atoms with Gasteiger partial charge in [0.2, 0.25) is 0 Å². The summed E-state index contributed by atoms with van der Waals surface area (Å²) in [6, 6.07) is 27.9. The van der Waals surface area contributed by atoms with Crippen LogP contribution in [0.15, 0.2) is 95.8 Å². The van der Waals surface area contributed by atoms with Gasteiger partial charge in [0.25, 0.3) is 5.56 Å². The molecule has 0 saturated heterocycles. The minimum atomic E-state index is -0.978. The summed E-state index contributed by atoms with van der Waals surface area (Å²) in [5, 5.41) is 9.57. The number of halogens is 2. The van der Waals surface area contributed by atoms with Crippen molar-refractivity contribution in [1.82, 2.24) is 4.57 Å². The predicted molar refractivity (Wildman–Crippen MR) is 137 cm³/mol. The summed E-state index contributed by atoms with van der Waals surface area (Å²) in [5.74, 6) is -0.978. The van der Waals surface area contributed by atoms with Gasteiger partial charge in [-0.1, -0.05) is 71.7 Å². The molecule has 0 spiro atoms. The van der Waals surface area contributed by atoms with Gasteiger partial charge in [0, 0.05) is 17.9 Å². The summed E-state index contributed by atoms with van der Waals surface area (Å²) >= 11 is 12.8. The SMILES string of the molecule is O=C(O)c1ccc(CCn2c(CN(c3ccccc3)c3ccccc3)c(Cl)cc(Cl)c2=O)cc1. The van der Waals surface area contributed by atoms with Crippen molar-refractivity contribution in [1.29, 1.82) is 0 Å². The number of hydrogen-bond acceptors (Lipinski definition) is 3. The fourth-order valence-electron chi connectivity index (χ4n) is 3.79. The van der Waals surface area contributed by atoms with Crippen molar-refractivity contribution in [3.63, 3.8) is 0 Å². The van der Waals surface area contributed by atoms with Gasteiger partial charge in [-0.15, -0.1) is 0 Å². The Kier molecular flexibility index (Phi) is 7.36. The number of carboxylic acids is 1. The molecule has 3 aromatic carbocycles. The van der Waals surface area contributed by atoms with Crippen LogP contribution in [-0.4, -0.2) is 15.6 Å². The van der Waals surface area contributed by atoms with E-state index in [2.05, 4.69) is 4.90 Å². The fourth-order valence-corrected chi connectivity index (χ4v) is 4.32. The van der Waals surface area contributed by atoms with Gasteiger partial charge in [-0.3, -0.25) is 4.79 Å². The minimum Gasteiger partial charge on any atom is -0.478 e. The molecule has 172 valence electrons. The number of carboxylic acid groups (broad SMARTS) is 1. The van der Waals surface area contributed by atoms with Gasteiger partial charge in [-0.05, 0) is 54.4 Å². The van der Waals surface area contributed by atoms with Gasteiger partial charge >= 0.3 is 5.97 Å². The zero-order valence-electron chi connectivity index (χ0n) is 18.2. The number of pyridine rings is 1. The normalized spacial score (nSPS) is 10.8. The average molecular weight is 493 g/mol. The van der Waals surface area contributed by atoms with Gasteiger partial charge in [0.15, 0.2) is 0 Å². The van der Waals surface area contributed by atoms with Crippen LogP contribution in [0.1, 0.15) is 21.6 Å². The molecule has 1 heterocycles. The number of hydrogen-bond donors (Lipinski definition) is 1. The Morgan fingerprint density at radius 1 is 0.824 bits per heavy atom. The fraction of sp³-hybridized carbons (Fsp3) is 0.111. The van der Waals surface area contributed by atoms with Crippen molar-refractivity contribution in [2.45, 2.75) is 19.5 Å². The highest BCUT2D eigenvalue weighted by Gasteiger charge is 2.18. The first-order chi connectivity index (χ1) is 16.4. The highest BCUT2D eigenvalue weighted by Crippen LogP contribution is 2.29. The molecule has 0 radical (unpaired) electrons. The molecule has 0 bridgehead atoms. The summed E-state index contributed by atoms with van der Waals surface area (Å²) in [6.07, 6.45) is 0.514. The van der Waals surface area contributed by atoms with E-state index in [1.54, 1.807) is 28.8 Å². The van der Waals surface area contributed by atoms with E-state index in [1.807, 2.05) is 60.7 Å². The molecule has 0 aliphatic rings. The quantitative estimate of drug-likeness (QED) is 0.307. The third-order valence-corrected chi connectivity index (χ3v) is 6.17. The van der Waals surface area contributed by atoms with Crippen LogP contribution in [-0.2, 0) is 19.5 Å². The topological polar surface area (TPSA) is 62.5 Å². The van der Waals surface area contributed by atoms with E-state index in [-0.39, 0.29) is 16.1 Å². The highest BCUT2D eigenvalue weighted by atomic mass is 35.5. The van der Waals surface area contributed by atoms with Crippen molar-refractivity contribution in [3.05, 3.63) is 128 Å². The number of carbonyl (C=O) groups is 1. The van der Waals surface area contributed by atoms with E-state index in [4.69, 9.17) is 28.3 Å². The van der Waals surface area contributed by atoms with Gasteiger partial charge in [0.05, 0.1) is 22.8 Å². The van der Waals surface area contributed by atoms with Crippen molar-refractivity contribution in [2.75, 3.05) is 4.90 Å². The average Bonchev–Trinajstić information content (AvgIpc) is 2.86. The summed E-state index contributed by atoms with van der Waals surface area (Å²) in [6.45, 7) is 0.704. The third kappa shape index (κ3) is 5.33. The lowest BCUT2D eigenvalue weighted by atomic mass is 10.1. The molecule has 4 aromatic rings. The molecule has 0 fully saturated rings. The first kappa shape index (κ1) is 23.6. The van der Waals surface area contributed by atoms with Gasteiger partial charge < -0.3 is 14.6 Å². The number of anilines is 2. The lowest BCUT2D eigenvalue weighted by molar-refractivity contribution is 0.0697. The monoisotopic (exact) mass is 492 g/mol. The molecule has 4 rings (SSSR count). The number of aryl methyl sites for hydroxylation is 1. The maximum Gasteiger partial charge on any atom is 0.335 e. The third-order valence-electron chi connectivity index (χ3n) is 5.57. The molecule has 0 aliphatic heterocycles. The molecular weight excluding hydrogens is 471 g/mol. The van der Waals surface area contributed by atoms with Gasteiger partial charge in [0.1, 0.15) is 5.02 Å². The van der Waals surface area contributed by atoms with E-state index >= 15 is 0 Å². The van der Waals surface area contributed by atoms with Crippen LogP contribution in [0.25, 0.3) is 0 Å². The molecule has 5 nitrogen and oxygen atoms in total. The molecule has 0 unspecified atom stereocenters. The summed E-state index contributed by atoms with van der Waals surface area (Å²) < 4.78 is 1.61. The number of rotatable bonds is 8. The molecule has 0 saturated carbocycles. The Hall–Kier alpha value is -3.54. The standard InChI is InChI=1S/C27H22Cl2N2O3/c28-23-17-24(29)26(32)30(16-15-19-11-13-20(14-12-19)27(33)34)25(23)18-31(21-7-3-1-4-8-21)22-9-5-2-6-10-22/h1-14,17H,15-16,18H2,(H,33,34). The van der Waals surface area contributed by atoms with E-state index < -0.39 is 5.97 Å². The van der Waals surface area contributed by atoms with E-state index in [0.717, 1.165) is 16.9 Å². The molecule has 1 aromatic heterocycles. The van der Waals surface area contributed by atoms with Crippen LogP contribution in [0.4, 0.5) is 11.4 Å². The number of aromatic carboxylic acids is 1. The first-order valence-corrected chi connectivity index (χ1v) is 11.5. The molecule has 1 N–H and O–H groups in total. The molecule has 0 atom stereocenters. The highest BCUT2D eigenvalue weighted by molar-refractivity contribution is 6.34. The number of nitrogens with zero attached hydrogens (tertiary/aromatic N) is 2. The van der Waals surface area contributed by atoms with Crippen LogP contribution in [0.2, 0.25) is 10.0 Å². The second kappa shape index (κ2) is 10.6. The van der Waals surface area contributed by atoms with E-state index in [0.29, 0.717) is 30.2 Å². The van der Waals surface area contributed by atoms with Crippen LogP contribution in [0.3, 0.4) is 0 Å². The van der Waals surface area contributed by atoms with Crippen LogP contribution in [0.5, 0.6) is 0 Å². The van der Waals surface area contributed by atoms with E-state index in [9.17, 15) is 9.59 Å². The Balaban J connectivity index is 1.70. The largest absolute Gasteiger partial charge is 0.478 e. The molecular formula is C27H22Cl2N2O3. The Labute approximate surface area is 207 Å². The lowest BCUT2D eigenvalue weighted by Gasteiger charge is -2.27. The Bertz CT molecular complexity index is 1300. The molecule has 0 aliphatic carbocycles. The second-order valence-electron chi connectivity index (χ2n) is 7.75. The number of aromatic nitrogens is 1. The Morgan fingerprint density at radius 3 is 1.91 bits per heavy atom. The minimum absolute atomic E-state index is 0.0564. The van der Waals surface area contributed by atoms with Crippen molar-refractivity contribution < 1.29 is 9.90 Å². The molecule has 7 heteroatoms. The number of para-hydroxylation sites is 2. The zero-order chi connectivity index (χ0) is 24.1. The molecule has 0 amide bonds. The van der Waals surface area contributed by atoms with Crippen molar-refractivity contribution >= 4 is 40.5 Å². The first-order valence-electron chi connectivity index (χ1n) is 10.7. The van der Waals surface area contributed by atoms with Crippen LogP contribution in [0, 0.1) is 0 Å². The van der Waals surface area contributed by atoms with Crippen LogP contribution < -0.4 is 10.5 Å². The predicted octanol–water partition coefficient (Wildman–Crippen LogP) is 6.43. The maximum absolute atomic E-state index is 13.0. The van der Waals surface area contributed by atoms with Crippen LogP contribution >= 0.6 is 23.2 Å². The summed E-state index contributed by atoms with van der Waals surface area (Å²) in [4.78, 5) is 26.2. The molecule has 34 heavy (non-hydrogen) atoms. The van der Waals surface area contributed by atoms with Crippen molar-refractivity contribution in [2.24, 2.45) is 0 Å². The number of benzene rings is 3. The maximum atomic E-state index is 13.0. The van der Waals surface area contributed by atoms with Crippen molar-refractivity contribution in [3.8, 4) is 0 Å². The summed E-state index contributed by atoms with van der Waals surface area (Å²) in [5.41, 5.74) is 3.37. The second-order valence-corrected chi connectivity index (χ2v) is 8.57. The van der Waals surface area contributed by atoms with E-state index in [1.165, 1.54) is 6.07 Å². The summed E-state index contributed by atoms with van der Waals surface area (Å²) in [7, 11) is 0. The smallest absolute Gasteiger partial charge is 0.335 e. The van der Waals surface area contributed by atoms with Gasteiger partial charge in [-0.2, -0.15) is 0 Å². The van der Waals surface area contributed by atoms with Gasteiger partial charge in [-0.25, -0.2) is 4.79 Å².